The molecule has 0 aliphatic carbocycles. The Balaban J connectivity index is 1.02. The fourth-order valence-electron chi connectivity index (χ4n) is 6.00. The molecule has 2 saturated heterocycles. The van der Waals surface area contributed by atoms with Crippen molar-refractivity contribution < 1.29 is 4.74 Å². The Hall–Kier alpha value is -3.44. The summed E-state index contributed by atoms with van der Waals surface area (Å²) in [7, 11) is 0. The highest BCUT2D eigenvalue weighted by Crippen LogP contribution is 2.52. The lowest BCUT2D eigenvalue weighted by Crippen LogP contribution is -2.49. The van der Waals surface area contributed by atoms with E-state index in [4.69, 9.17) is 4.74 Å². The van der Waals surface area contributed by atoms with Crippen LogP contribution in [0.15, 0.2) is 97.3 Å². The molecule has 0 radical (unpaired) electrons. The average Bonchev–Trinajstić information content (AvgIpc) is 3.04. The standard InChI is InChI=1S/C33H36N6O2S2/c1-23(22-37-11-13-39(14-12-37)31-7-2-3-10-34-31)35-24-8-9-28-30(19-24)42-29-6-4-5-26(33(29)43-28)27-20-25(21-32(40)36-27)38-15-17-41-18-16-38/h2-10,19-21,23,35H,11-18,22H2,1H3,(H,36,40). The van der Waals surface area contributed by atoms with Crippen LogP contribution in [0.4, 0.5) is 17.2 Å². The number of H-pyrrole nitrogens is 1. The zero-order valence-electron chi connectivity index (χ0n) is 24.3. The predicted molar refractivity (Wildman–Crippen MR) is 176 cm³/mol. The fourth-order valence-corrected chi connectivity index (χ4v) is 8.41. The third-order valence-corrected chi connectivity index (χ3v) is 10.7. The van der Waals surface area contributed by atoms with Gasteiger partial charge in [0.15, 0.2) is 0 Å². The van der Waals surface area contributed by atoms with E-state index in [1.807, 2.05) is 12.3 Å². The molecule has 1 atom stereocenters. The van der Waals surface area contributed by atoms with Crippen molar-refractivity contribution >= 4 is 40.7 Å². The van der Waals surface area contributed by atoms with E-state index in [-0.39, 0.29) is 5.56 Å². The normalized spacial score (nSPS) is 17.7. The molecule has 2 N–H and O–H groups in total. The number of hydrogen-bond acceptors (Lipinski definition) is 9. The first kappa shape index (κ1) is 28.3. The summed E-state index contributed by atoms with van der Waals surface area (Å²) in [6, 6.07) is 23.3. The Morgan fingerprint density at radius 3 is 2.56 bits per heavy atom. The van der Waals surface area contributed by atoms with Crippen molar-refractivity contribution in [1.29, 1.82) is 0 Å². The Kier molecular flexibility index (Phi) is 8.34. The number of nitrogens with zero attached hydrogens (tertiary/aromatic N) is 4. The van der Waals surface area contributed by atoms with Gasteiger partial charge in [-0.3, -0.25) is 9.69 Å². The van der Waals surface area contributed by atoms with Gasteiger partial charge in [-0.05, 0) is 49.4 Å². The molecule has 5 heterocycles. The van der Waals surface area contributed by atoms with Crippen molar-refractivity contribution in [2.45, 2.75) is 32.5 Å². The highest BCUT2D eigenvalue weighted by molar-refractivity contribution is 8.05. The van der Waals surface area contributed by atoms with E-state index < -0.39 is 0 Å². The second-order valence-electron chi connectivity index (χ2n) is 11.2. The summed E-state index contributed by atoms with van der Waals surface area (Å²) in [5.41, 5.74) is 3.94. The van der Waals surface area contributed by atoms with Crippen LogP contribution in [0.2, 0.25) is 0 Å². The van der Waals surface area contributed by atoms with Crippen LogP contribution in [0.3, 0.4) is 0 Å². The van der Waals surface area contributed by atoms with Crippen molar-refractivity contribution in [2.24, 2.45) is 0 Å². The maximum Gasteiger partial charge on any atom is 0.250 e. The summed E-state index contributed by atoms with van der Waals surface area (Å²) in [6.45, 7) is 10.3. The molecule has 2 aromatic carbocycles. The molecular weight excluding hydrogens is 577 g/mol. The van der Waals surface area contributed by atoms with E-state index in [0.29, 0.717) is 19.3 Å². The van der Waals surface area contributed by atoms with Crippen molar-refractivity contribution in [3.63, 3.8) is 0 Å². The van der Waals surface area contributed by atoms with Crippen molar-refractivity contribution in [3.05, 3.63) is 83.3 Å². The molecule has 0 saturated carbocycles. The van der Waals surface area contributed by atoms with Gasteiger partial charge in [-0.2, -0.15) is 0 Å². The van der Waals surface area contributed by atoms with Crippen molar-refractivity contribution in [3.8, 4) is 11.3 Å². The zero-order chi connectivity index (χ0) is 29.2. The van der Waals surface area contributed by atoms with Gasteiger partial charge in [-0.25, -0.2) is 4.98 Å². The maximum absolute atomic E-state index is 12.7. The number of ether oxygens (including phenoxy) is 1. The van der Waals surface area contributed by atoms with Crippen molar-refractivity contribution in [2.75, 3.05) is 74.1 Å². The minimum atomic E-state index is -0.0784. The first-order valence-electron chi connectivity index (χ1n) is 14.9. The van der Waals surface area contributed by atoms with Crippen LogP contribution < -0.4 is 20.7 Å². The number of pyridine rings is 2. The monoisotopic (exact) mass is 612 g/mol. The van der Waals surface area contributed by atoms with E-state index in [1.54, 1.807) is 29.6 Å². The summed E-state index contributed by atoms with van der Waals surface area (Å²) in [6.07, 6.45) is 1.87. The number of aromatic nitrogens is 2. The summed E-state index contributed by atoms with van der Waals surface area (Å²) >= 11 is 3.58. The molecule has 7 rings (SSSR count). The molecule has 1 unspecified atom stereocenters. The number of aromatic amines is 1. The number of rotatable bonds is 7. The molecule has 3 aliphatic heterocycles. The van der Waals surface area contributed by atoms with Gasteiger partial charge in [0.1, 0.15) is 5.82 Å². The van der Waals surface area contributed by atoms with E-state index in [0.717, 1.165) is 74.3 Å². The first-order valence-corrected chi connectivity index (χ1v) is 16.6. The molecule has 43 heavy (non-hydrogen) atoms. The molecule has 2 aromatic heterocycles. The minimum Gasteiger partial charge on any atom is -0.381 e. The number of piperazine rings is 1. The third-order valence-electron chi connectivity index (χ3n) is 8.14. The maximum atomic E-state index is 12.7. The molecular formula is C33H36N6O2S2. The lowest BCUT2D eigenvalue weighted by atomic mass is 10.1. The number of morpholine rings is 1. The highest BCUT2D eigenvalue weighted by atomic mass is 32.2. The molecule has 2 fully saturated rings. The minimum absolute atomic E-state index is 0.0784. The lowest BCUT2D eigenvalue weighted by molar-refractivity contribution is 0.122. The van der Waals surface area contributed by atoms with Crippen LogP contribution in [0.1, 0.15) is 6.92 Å². The van der Waals surface area contributed by atoms with Gasteiger partial charge >= 0.3 is 0 Å². The molecule has 10 heteroatoms. The number of nitrogens with one attached hydrogen (secondary N) is 2. The molecule has 3 aliphatic rings. The first-order chi connectivity index (χ1) is 21.1. The van der Waals surface area contributed by atoms with Gasteiger partial charge in [0.05, 0.1) is 18.9 Å². The second-order valence-corrected chi connectivity index (χ2v) is 13.4. The summed E-state index contributed by atoms with van der Waals surface area (Å²) in [5, 5.41) is 3.74. The van der Waals surface area contributed by atoms with Gasteiger partial charge in [0.2, 0.25) is 5.56 Å². The van der Waals surface area contributed by atoms with Gasteiger partial charge in [-0.15, -0.1) is 0 Å². The van der Waals surface area contributed by atoms with Gasteiger partial charge < -0.3 is 24.8 Å². The predicted octanol–water partition coefficient (Wildman–Crippen LogP) is 5.51. The van der Waals surface area contributed by atoms with E-state index in [9.17, 15) is 4.79 Å². The number of fused-ring (bicyclic) bond motifs is 2. The molecule has 0 bridgehead atoms. The van der Waals surface area contributed by atoms with E-state index in [2.05, 4.69) is 91.5 Å². The van der Waals surface area contributed by atoms with Gasteiger partial charge in [-0.1, -0.05) is 41.7 Å². The molecule has 8 nitrogen and oxygen atoms in total. The summed E-state index contributed by atoms with van der Waals surface area (Å²) < 4.78 is 5.51. The molecule has 4 aromatic rings. The van der Waals surface area contributed by atoms with Crippen LogP contribution >= 0.6 is 23.5 Å². The van der Waals surface area contributed by atoms with Crippen LogP contribution in [0.25, 0.3) is 11.3 Å². The Labute approximate surface area is 260 Å². The van der Waals surface area contributed by atoms with Crippen LogP contribution in [0.5, 0.6) is 0 Å². The smallest absolute Gasteiger partial charge is 0.250 e. The largest absolute Gasteiger partial charge is 0.381 e. The zero-order valence-corrected chi connectivity index (χ0v) is 25.9. The number of benzene rings is 2. The van der Waals surface area contributed by atoms with Crippen molar-refractivity contribution in [1.82, 2.24) is 14.9 Å². The fraction of sp³-hybridized carbons (Fsp3) is 0.333. The van der Waals surface area contributed by atoms with Crippen LogP contribution in [-0.4, -0.2) is 79.9 Å². The van der Waals surface area contributed by atoms with Gasteiger partial charge in [0.25, 0.3) is 0 Å². The van der Waals surface area contributed by atoms with E-state index in [1.165, 1.54) is 19.6 Å². The average molecular weight is 613 g/mol. The molecule has 0 amide bonds. The second kappa shape index (κ2) is 12.7. The number of hydrogen-bond donors (Lipinski definition) is 2. The lowest BCUT2D eigenvalue weighted by Gasteiger charge is -2.36. The quantitative estimate of drug-likeness (QED) is 0.247. The van der Waals surface area contributed by atoms with Crippen LogP contribution in [0, 0.1) is 0 Å². The Morgan fingerprint density at radius 2 is 1.74 bits per heavy atom. The topological polar surface area (TPSA) is 76.7 Å². The van der Waals surface area contributed by atoms with E-state index >= 15 is 0 Å². The highest BCUT2D eigenvalue weighted by Gasteiger charge is 2.23. The number of anilines is 3. The van der Waals surface area contributed by atoms with Crippen LogP contribution in [-0.2, 0) is 4.74 Å². The Bertz CT molecular complexity index is 1630. The van der Waals surface area contributed by atoms with Gasteiger partial charge in [0, 0.05) is 101 Å². The molecule has 222 valence electrons. The molecule has 0 spiro atoms. The third kappa shape index (κ3) is 6.43. The summed E-state index contributed by atoms with van der Waals surface area (Å²) in [4.78, 5) is 32.3. The SMILES string of the molecule is CC(CN1CCN(c2ccccn2)CC1)Nc1ccc2c(c1)Sc1cccc(-c3cc(N4CCOCC4)cc(=O)[nH]3)c1S2. The summed E-state index contributed by atoms with van der Waals surface area (Å²) in [5.74, 6) is 1.07. The Morgan fingerprint density at radius 1 is 0.884 bits per heavy atom.